The second-order valence-corrected chi connectivity index (χ2v) is 11.2. The molecule has 0 saturated carbocycles. The molecule has 0 aliphatic carbocycles. The molecule has 1 nitrogen and oxygen atoms in total. The van der Waals surface area contributed by atoms with Crippen LogP contribution in [0.3, 0.4) is 0 Å². The van der Waals surface area contributed by atoms with E-state index in [2.05, 4.69) is 116 Å². The Hall–Kier alpha value is -3.56. The molecular formula is C33H28BNS. The van der Waals surface area contributed by atoms with Gasteiger partial charge in [-0.25, -0.2) is 0 Å². The SMILES string of the molecule is Cc1cc(C)c2c(c1)Cc1cc(C)cc(C)c1B2c1cscc1-n1c2ccccc2c2ccccc21. The van der Waals surface area contributed by atoms with Gasteiger partial charge in [-0.1, -0.05) is 93.8 Å². The number of benzene rings is 4. The lowest BCUT2D eigenvalue weighted by Crippen LogP contribution is -2.59. The molecule has 2 aromatic heterocycles. The molecule has 0 bridgehead atoms. The van der Waals surface area contributed by atoms with Gasteiger partial charge in [0.1, 0.15) is 0 Å². The zero-order valence-electron chi connectivity index (χ0n) is 21.2. The van der Waals surface area contributed by atoms with Crippen molar-refractivity contribution in [1.29, 1.82) is 0 Å². The summed E-state index contributed by atoms with van der Waals surface area (Å²) >= 11 is 1.82. The third-order valence-electron chi connectivity index (χ3n) is 7.99. The Labute approximate surface area is 217 Å². The monoisotopic (exact) mass is 481 g/mol. The van der Waals surface area contributed by atoms with Gasteiger partial charge in [-0.2, -0.15) is 11.3 Å². The first kappa shape index (κ1) is 21.7. The van der Waals surface area contributed by atoms with E-state index in [0.717, 1.165) is 6.42 Å². The lowest BCUT2D eigenvalue weighted by Gasteiger charge is -2.31. The van der Waals surface area contributed by atoms with Crippen LogP contribution in [0.2, 0.25) is 0 Å². The minimum atomic E-state index is 0.228. The largest absolute Gasteiger partial charge is 0.309 e. The number of hydrogen-bond donors (Lipinski definition) is 0. The number of fused-ring (bicyclic) bond motifs is 5. The van der Waals surface area contributed by atoms with Crippen LogP contribution in [0.5, 0.6) is 0 Å². The number of para-hydroxylation sites is 2. The molecule has 0 atom stereocenters. The second-order valence-electron chi connectivity index (χ2n) is 10.5. The molecule has 0 saturated heterocycles. The van der Waals surface area contributed by atoms with Crippen LogP contribution < -0.4 is 16.4 Å². The quantitative estimate of drug-likeness (QED) is 0.249. The number of aryl methyl sites for hydroxylation is 4. The van der Waals surface area contributed by atoms with E-state index in [4.69, 9.17) is 0 Å². The smallest absolute Gasteiger partial charge is 0.246 e. The fourth-order valence-corrected chi connectivity index (χ4v) is 7.63. The van der Waals surface area contributed by atoms with Crippen molar-refractivity contribution in [3.05, 3.63) is 117 Å². The maximum absolute atomic E-state index is 2.50. The van der Waals surface area contributed by atoms with Gasteiger partial charge in [0.2, 0.25) is 6.71 Å². The molecule has 36 heavy (non-hydrogen) atoms. The molecule has 6 aromatic rings. The van der Waals surface area contributed by atoms with Crippen LogP contribution in [0.25, 0.3) is 27.5 Å². The third kappa shape index (κ3) is 3.09. The van der Waals surface area contributed by atoms with Gasteiger partial charge in [0.25, 0.3) is 0 Å². The van der Waals surface area contributed by atoms with Crippen molar-refractivity contribution < 1.29 is 0 Å². The highest BCUT2D eigenvalue weighted by Gasteiger charge is 2.36. The number of thiophene rings is 1. The molecule has 0 amide bonds. The summed E-state index contributed by atoms with van der Waals surface area (Å²) in [5.41, 5.74) is 16.7. The Balaban J connectivity index is 1.57. The van der Waals surface area contributed by atoms with Gasteiger partial charge in [0.15, 0.2) is 0 Å². The molecule has 0 fully saturated rings. The zero-order valence-corrected chi connectivity index (χ0v) is 22.0. The van der Waals surface area contributed by atoms with Crippen LogP contribution in [-0.4, -0.2) is 11.3 Å². The molecule has 0 unspecified atom stereocenters. The van der Waals surface area contributed by atoms with Gasteiger partial charge in [0.05, 0.1) is 16.7 Å². The Bertz CT molecular complexity index is 1710. The molecule has 174 valence electrons. The lowest BCUT2D eigenvalue weighted by atomic mass is 9.32. The lowest BCUT2D eigenvalue weighted by molar-refractivity contribution is 1.16. The fourth-order valence-electron chi connectivity index (χ4n) is 6.79. The van der Waals surface area contributed by atoms with E-state index < -0.39 is 0 Å². The fraction of sp³-hybridized carbons (Fsp3) is 0.152. The van der Waals surface area contributed by atoms with Gasteiger partial charge in [-0.3, -0.25) is 0 Å². The Morgan fingerprint density at radius 3 is 1.75 bits per heavy atom. The first-order valence-corrected chi connectivity index (χ1v) is 13.7. The van der Waals surface area contributed by atoms with E-state index in [-0.39, 0.29) is 6.71 Å². The average Bonchev–Trinajstić information content (AvgIpc) is 3.44. The van der Waals surface area contributed by atoms with Crippen LogP contribution in [0.15, 0.2) is 83.6 Å². The van der Waals surface area contributed by atoms with Crippen LogP contribution in [0, 0.1) is 27.7 Å². The van der Waals surface area contributed by atoms with Crippen molar-refractivity contribution in [2.24, 2.45) is 0 Å². The van der Waals surface area contributed by atoms with Crippen molar-refractivity contribution in [1.82, 2.24) is 4.57 Å². The molecule has 1 aliphatic heterocycles. The van der Waals surface area contributed by atoms with E-state index >= 15 is 0 Å². The van der Waals surface area contributed by atoms with E-state index in [0.29, 0.717) is 0 Å². The van der Waals surface area contributed by atoms with E-state index in [1.807, 2.05) is 11.3 Å². The van der Waals surface area contributed by atoms with E-state index in [1.54, 1.807) is 0 Å². The minimum Gasteiger partial charge on any atom is -0.309 e. The molecule has 3 heterocycles. The molecule has 3 heteroatoms. The van der Waals surface area contributed by atoms with E-state index in [1.165, 1.54) is 77.3 Å². The van der Waals surface area contributed by atoms with Crippen molar-refractivity contribution in [3.63, 3.8) is 0 Å². The normalized spacial score (nSPS) is 12.8. The predicted molar refractivity (Wildman–Crippen MR) is 158 cm³/mol. The summed E-state index contributed by atoms with van der Waals surface area (Å²) in [5, 5.41) is 7.39. The van der Waals surface area contributed by atoms with Crippen LogP contribution in [0.1, 0.15) is 33.4 Å². The van der Waals surface area contributed by atoms with Gasteiger partial charge < -0.3 is 4.57 Å². The minimum absolute atomic E-state index is 0.228. The maximum Gasteiger partial charge on any atom is 0.246 e. The highest BCUT2D eigenvalue weighted by atomic mass is 32.1. The maximum atomic E-state index is 2.50. The molecule has 1 aliphatic rings. The summed E-state index contributed by atoms with van der Waals surface area (Å²) in [5.74, 6) is 0. The van der Waals surface area contributed by atoms with Gasteiger partial charge in [-0.15, -0.1) is 0 Å². The van der Waals surface area contributed by atoms with Crippen molar-refractivity contribution >= 4 is 56.2 Å². The summed E-state index contributed by atoms with van der Waals surface area (Å²) in [4.78, 5) is 0. The summed E-state index contributed by atoms with van der Waals surface area (Å²) in [7, 11) is 0. The van der Waals surface area contributed by atoms with Crippen LogP contribution >= 0.6 is 11.3 Å². The Kier molecular flexibility index (Phi) is 4.81. The molecule has 4 aromatic carbocycles. The molecule has 0 spiro atoms. The van der Waals surface area contributed by atoms with Crippen molar-refractivity contribution in [3.8, 4) is 5.69 Å². The standard InChI is InChI=1S/C33H28BNS/c1-20-13-22(3)32-24(15-20)17-25-16-21(2)14-23(4)33(25)34(32)28-18-36-19-31(28)35-29-11-7-5-9-26(29)27-10-6-8-12-30(27)35/h5-16,18-19H,17H2,1-4H3. The first-order valence-electron chi connectivity index (χ1n) is 12.8. The highest BCUT2D eigenvalue weighted by Crippen LogP contribution is 2.32. The topological polar surface area (TPSA) is 4.93 Å². The summed E-state index contributed by atoms with van der Waals surface area (Å²) in [6, 6.07) is 27.2. The number of nitrogens with zero attached hydrogens (tertiary/aromatic N) is 1. The van der Waals surface area contributed by atoms with E-state index in [9.17, 15) is 0 Å². The molecule has 0 N–H and O–H groups in total. The van der Waals surface area contributed by atoms with Crippen LogP contribution in [0.4, 0.5) is 0 Å². The number of rotatable bonds is 2. The first-order chi connectivity index (χ1) is 17.5. The molecule has 7 rings (SSSR count). The second kappa shape index (κ2) is 7.98. The molecular weight excluding hydrogens is 453 g/mol. The van der Waals surface area contributed by atoms with Gasteiger partial charge >= 0.3 is 0 Å². The average molecular weight is 481 g/mol. The number of hydrogen-bond acceptors (Lipinski definition) is 1. The van der Waals surface area contributed by atoms with Crippen molar-refractivity contribution in [2.75, 3.05) is 0 Å². The Morgan fingerprint density at radius 1 is 0.667 bits per heavy atom. The predicted octanol–water partition coefficient (Wildman–Crippen LogP) is 6.50. The summed E-state index contributed by atoms with van der Waals surface area (Å²) in [6.07, 6.45) is 1.01. The Morgan fingerprint density at radius 2 is 1.19 bits per heavy atom. The van der Waals surface area contributed by atoms with Gasteiger partial charge in [0, 0.05) is 16.2 Å². The van der Waals surface area contributed by atoms with Crippen LogP contribution in [-0.2, 0) is 6.42 Å². The summed E-state index contributed by atoms with van der Waals surface area (Å²) in [6.45, 7) is 9.30. The summed E-state index contributed by atoms with van der Waals surface area (Å²) < 4.78 is 2.50. The van der Waals surface area contributed by atoms with Crippen molar-refractivity contribution in [2.45, 2.75) is 34.1 Å². The highest BCUT2D eigenvalue weighted by molar-refractivity contribution is 7.11. The third-order valence-corrected chi connectivity index (χ3v) is 8.74. The van der Waals surface area contributed by atoms with Gasteiger partial charge in [-0.05, 0) is 68.2 Å². The molecule has 0 radical (unpaired) electrons. The zero-order chi connectivity index (χ0) is 24.6. The number of aromatic nitrogens is 1.